The van der Waals surface area contributed by atoms with E-state index in [0.717, 1.165) is 5.41 Å². The first kappa shape index (κ1) is 9.29. The molecular weight excluding hydrogens is 132 g/mol. The first-order valence-electron chi connectivity index (χ1n) is 3.64. The number of hydrogen-bond acceptors (Lipinski definition) is 0. The molecule has 0 aliphatic heterocycles. The molecule has 9 heavy (non-hydrogen) atoms. The van der Waals surface area contributed by atoms with Gasteiger partial charge in [-0.2, -0.15) is 0 Å². The van der Waals surface area contributed by atoms with Crippen LogP contribution in [0.4, 0.5) is 0 Å². The Balaban J connectivity index is 0.000000640. The molecule has 0 amide bonds. The second kappa shape index (κ2) is 3.46. The third-order valence-corrected chi connectivity index (χ3v) is 2.65. The van der Waals surface area contributed by atoms with Crippen LogP contribution in [0.1, 0.15) is 39.5 Å². The molecule has 1 aliphatic carbocycles. The van der Waals surface area contributed by atoms with Crippen molar-refractivity contribution in [3.8, 4) is 0 Å². The molecule has 55 valence electrons. The fraction of sp³-hybridized carbons (Fsp3) is 0.875. The Morgan fingerprint density at radius 1 is 1.22 bits per heavy atom. The molecule has 0 spiro atoms. The van der Waals surface area contributed by atoms with Crippen molar-refractivity contribution in [1.82, 2.24) is 0 Å². The van der Waals surface area contributed by atoms with Gasteiger partial charge < -0.3 is 0 Å². The van der Waals surface area contributed by atoms with E-state index in [4.69, 9.17) is 0 Å². The Bertz CT molecular complexity index is 61.1. The van der Waals surface area contributed by atoms with Crippen LogP contribution in [0.2, 0.25) is 0 Å². The molecule has 0 aromatic carbocycles. The van der Waals surface area contributed by atoms with E-state index in [9.17, 15) is 0 Å². The molecule has 0 heterocycles. The van der Waals surface area contributed by atoms with E-state index in [0.29, 0.717) is 0 Å². The van der Waals surface area contributed by atoms with Gasteiger partial charge in [0.1, 0.15) is 0 Å². The van der Waals surface area contributed by atoms with Crippen molar-refractivity contribution in [2.45, 2.75) is 39.5 Å². The molecule has 1 rings (SSSR count). The maximum atomic E-state index is 2.40. The Hall–Kier alpha value is 0.290. The minimum absolute atomic E-state index is 0. The Morgan fingerprint density at radius 3 is 1.67 bits per heavy atom. The SMILES string of the molecule is CCC1(CC)C[CH]C1.Cl. The first-order valence-corrected chi connectivity index (χ1v) is 3.64. The van der Waals surface area contributed by atoms with Gasteiger partial charge in [-0.3, -0.25) is 0 Å². The van der Waals surface area contributed by atoms with Crippen molar-refractivity contribution in [1.29, 1.82) is 0 Å². The largest absolute Gasteiger partial charge is 0.147 e. The van der Waals surface area contributed by atoms with Gasteiger partial charge in [0.15, 0.2) is 0 Å². The van der Waals surface area contributed by atoms with Crippen molar-refractivity contribution in [3.63, 3.8) is 0 Å². The van der Waals surface area contributed by atoms with Gasteiger partial charge in [-0.15, -0.1) is 12.4 Å². The van der Waals surface area contributed by atoms with Crippen LogP contribution in [0.5, 0.6) is 0 Å². The zero-order valence-electron chi connectivity index (χ0n) is 6.31. The second-order valence-corrected chi connectivity index (χ2v) is 2.90. The zero-order chi connectivity index (χ0) is 6.04. The van der Waals surface area contributed by atoms with Crippen LogP contribution >= 0.6 is 12.4 Å². The number of hydrogen-bond donors (Lipinski definition) is 0. The van der Waals surface area contributed by atoms with Crippen molar-refractivity contribution in [3.05, 3.63) is 6.42 Å². The van der Waals surface area contributed by atoms with Crippen molar-refractivity contribution >= 4 is 12.4 Å². The first-order chi connectivity index (χ1) is 3.83. The average molecular weight is 148 g/mol. The predicted molar refractivity (Wildman–Crippen MR) is 43.8 cm³/mol. The minimum Gasteiger partial charge on any atom is -0.147 e. The molecule has 1 heteroatoms. The van der Waals surface area contributed by atoms with E-state index >= 15 is 0 Å². The van der Waals surface area contributed by atoms with Crippen LogP contribution in [-0.2, 0) is 0 Å². The summed E-state index contributed by atoms with van der Waals surface area (Å²) >= 11 is 0. The topological polar surface area (TPSA) is 0 Å². The molecule has 1 fully saturated rings. The number of halogens is 1. The fourth-order valence-electron chi connectivity index (χ4n) is 1.38. The van der Waals surface area contributed by atoms with Gasteiger partial charge in [0.2, 0.25) is 0 Å². The second-order valence-electron chi connectivity index (χ2n) is 2.90. The van der Waals surface area contributed by atoms with Crippen molar-refractivity contribution < 1.29 is 0 Å². The standard InChI is InChI=1S/C8H15.ClH/c1-3-8(4-2)6-5-7-8;/h5H,3-4,6-7H2,1-2H3;1H. The molecule has 0 aromatic heterocycles. The van der Waals surface area contributed by atoms with Crippen LogP contribution in [0.3, 0.4) is 0 Å². The lowest BCUT2D eigenvalue weighted by molar-refractivity contribution is 0.181. The Morgan fingerprint density at radius 2 is 1.67 bits per heavy atom. The summed E-state index contributed by atoms with van der Waals surface area (Å²) < 4.78 is 0. The zero-order valence-corrected chi connectivity index (χ0v) is 7.13. The normalized spacial score (nSPS) is 22.0. The monoisotopic (exact) mass is 147 g/mol. The summed E-state index contributed by atoms with van der Waals surface area (Å²) in [6, 6.07) is 0. The molecule has 0 unspecified atom stereocenters. The van der Waals surface area contributed by atoms with Crippen LogP contribution in [-0.4, -0.2) is 0 Å². The van der Waals surface area contributed by atoms with Crippen molar-refractivity contribution in [2.75, 3.05) is 0 Å². The lowest BCUT2D eigenvalue weighted by atomic mass is 9.65. The number of rotatable bonds is 2. The summed E-state index contributed by atoms with van der Waals surface area (Å²) in [6.07, 6.45) is 7.90. The van der Waals surface area contributed by atoms with E-state index in [1.165, 1.54) is 25.7 Å². The van der Waals surface area contributed by atoms with Gasteiger partial charge in [0.05, 0.1) is 0 Å². The summed E-state index contributed by atoms with van der Waals surface area (Å²) in [7, 11) is 0. The summed E-state index contributed by atoms with van der Waals surface area (Å²) in [4.78, 5) is 0. The molecule has 0 saturated heterocycles. The van der Waals surface area contributed by atoms with Gasteiger partial charge in [-0.05, 0) is 24.7 Å². The maximum Gasteiger partial charge on any atom is -0.0297 e. The van der Waals surface area contributed by atoms with Gasteiger partial charge >= 0.3 is 0 Å². The predicted octanol–water partition coefficient (Wildman–Crippen LogP) is 3.21. The summed E-state index contributed by atoms with van der Waals surface area (Å²) in [5, 5.41) is 0. The van der Waals surface area contributed by atoms with Crippen LogP contribution in [0.15, 0.2) is 0 Å². The van der Waals surface area contributed by atoms with Gasteiger partial charge in [-0.25, -0.2) is 0 Å². The summed E-state index contributed by atoms with van der Waals surface area (Å²) in [5.41, 5.74) is 0.750. The molecule has 1 saturated carbocycles. The van der Waals surface area contributed by atoms with Gasteiger partial charge in [0, 0.05) is 0 Å². The average Bonchev–Trinajstić information content (AvgIpc) is 1.67. The van der Waals surface area contributed by atoms with E-state index in [2.05, 4.69) is 20.3 Å². The van der Waals surface area contributed by atoms with Gasteiger partial charge in [-0.1, -0.05) is 26.7 Å². The van der Waals surface area contributed by atoms with E-state index in [1.54, 1.807) is 0 Å². The molecule has 0 aromatic rings. The van der Waals surface area contributed by atoms with Crippen LogP contribution < -0.4 is 0 Å². The highest BCUT2D eigenvalue weighted by Crippen LogP contribution is 2.45. The van der Waals surface area contributed by atoms with Gasteiger partial charge in [0.25, 0.3) is 0 Å². The molecule has 1 radical (unpaired) electrons. The smallest absolute Gasteiger partial charge is 0.0297 e. The Kier molecular flexibility index (Phi) is 3.57. The van der Waals surface area contributed by atoms with E-state index in [1.807, 2.05) is 0 Å². The Labute approximate surface area is 64.4 Å². The molecule has 0 nitrogen and oxygen atoms in total. The lowest BCUT2D eigenvalue weighted by Gasteiger charge is -2.40. The molecular formula is C8H16Cl. The molecule has 0 N–H and O–H groups in total. The third kappa shape index (κ3) is 1.61. The molecule has 0 atom stereocenters. The maximum absolute atomic E-state index is 2.40. The highest BCUT2D eigenvalue weighted by molar-refractivity contribution is 5.85. The molecule has 1 aliphatic rings. The summed E-state index contributed by atoms with van der Waals surface area (Å²) in [5.74, 6) is 0. The third-order valence-electron chi connectivity index (χ3n) is 2.65. The summed E-state index contributed by atoms with van der Waals surface area (Å²) in [6.45, 7) is 4.60. The van der Waals surface area contributed by atoms with Crippen molar-refractivity contribution in [2.24, 2.45) is 5.41 Å². The quantitative estimate of drug-likeness (QED) is 0.563. The lowest BCUT2D eigenvalue weighted by Crippen LogP contribution is -2.27. The highest BCUT2D eigenvalue weighted by atomic mass is 35.5. The van der Waals surface area contributed by atoms with Crippen LogP contribution in [0.25, 0.3) is 0 Å². The van der Waals surface area contributed by atoms with Crippen LogP contribution in [0, 0.1) is 11.8 Å². The van der Waals surface area contributed by atoms with E-state index < -0.39 is 0 Å². The highest BCUT2D eigenvalue weighted by Gasteiger charge is 2.32. The molecule has 0 bridgehead atoms. The van der Waals surface area contributed by atoms with E-state index in [-0.39, 0.29) is 12.4 Å². The fourth-order valence-corrected chi connectivity index (χ4v) is 1.38. The minimum atomic E-state index is 0.